The van der Waals surface area contributed by atoms with Gasteiger partial charge in [0.05, 0.1) is 16.5 Å². The molecule has 0 spiro atoms. The number of carbonyl (C=O) groups excluding carboxylic acids is 1. The molecular weight excluding hydrogens is 360 g/mol. The van der Waals surface area contributed by atoms with Crippen molar-refractivity contribution in [2.24, 2.45) is 0 Å². The smallest absolute Gasteiger partial charge is 0.339 e. The number of aryl methyl sites for hydroxylation is 1. The van der Waals surface area contributed by atoms with Crippen LogP contribution in [-0.4, -0.2) is 15.5 Å². The molecule has 0 radical (unpaired) electrons. The van der Waals surface area contributed by atoms with E-state index >= 15 is 0 Å². The number of nitrogens with zero attached hydrogens (tertiary/aromatic N) is 2. The first-order valence-corrected chi connectivity index (χ1v) is 7.72. The molecule has 0 saturated heterocycles. The van der Waals surface area contributed by atoms with Crippen LogP contribution in [-0.2, 0) is 11.5 Å². The molecule has 0 atom stereocenters. The van der Waals surface area contributed by atoms with Gasteiger partial charge in [-0.25, -0.2) is 9.78 Å². The maximum absolute atomic E-state index is 12.4. The number of hydrogen-bond donors (Lipinski definition) is 0. The number of rotatable bonds is 3. The molecule has 0 aliphatic carbocycles. The zero-order valence-corrected chi connectivity index (χ0v) is 13.9. The lowest BCUT2D eigenvalue weighted by Crippen LogP contribution is -2.23. The van der Waals surface area contributed by atoms with Crippen molar-refractivity contribution in [1.82, 2.24) is 9.55 Å². The van der Waals surface area contributed by atoms with Crippen LogP contribution in [0.15, 0.2) is 58.1 Å². The number of carbonyl (C=O) groups is 1. The standard InChI is InChI=1S/C17H13BrN2O3/c1-11-2-4-12(5-3-11)17(22)23-10-20-9-19-15-7-6-13(18)8-14(15)16(20)21/h2-9H,10H2,1H3. The molecule has 23 heavy (non-hydrogen) atoms. The summed E-state index contributed by atoms with van der Waals surface area (Å²) in [5.41, 5.74) is 1.84. The Hall–Kier alpha value is -2.47. The predicted octanol–water partition coefficient (Wildman–Crippen LogP) is 3.28. The van der Waals surface area contributed by atoms with Crippen LogP contribution in [0.3, 0.4) is 0 Å². The minimum atomic E-state index is -0.480. The van der Waals surface area contributed by atoms with E-state index in [1.165, 1.54) is 10.9 Å². The molecule has 0 aliphatic heterocycles. The lowest BCUT2D eigenvalue weighted by atomic mass is 10.1. The third-order valence-electron chi connectivity index (χ3n) is 3.41. The van der Waals surface area contributed by atoms with E-state index in [4.69, 9.17) is 4.74 Å². The first-order valence-electron chi connectivity index (χ1n) is 6.93. The molecule has 5 nitrogen and oxygen atoms in total. The molecule has 1 aromatic heterocycles. The van der Waals surface area contributed by atoms with Crippen molar-refractivity contribution in [2.45, 2.75) is 13.7 Å². The summed E-state index contributed by atoms with van der Waals surface area (Å²) in [5, 5.41) is 0.466. The van der Waals surface area contributed by atoms with Gasteiger partial charge in [0.2, 0.25) is 0 Å². The van der Waals surface area contributed by atoms with E-state index in [2.05, 4.69) is 20.9 Å². The maximum atomic E-state index is 12.4. The number of ether oxygens (including phenoxy) is 1. The Morgan fingerprint density at radius 3 is 2.70 bits per heavy atom. The molecule has 0 unspecified atom stereocenters. The molecule has 2 aromatic carbocycles. The van der Waals surface area contributed by atoms with Crippen LogP contribution in [0.1, 0.15) is 15.9 Å². The lowest BCUT2D eigenvalue weighted by Gasteiger charge is -2.08. The summed E-state index contributed by atoms with van der Waals surface area (Å²) in [4.78, 5) is 28.6. The average Bonchev–Trinajstić information content (AvgIpc) is 2.55. The van der Waals surface area contributed by atoms with Crippen molar-refractivity contribution in [2.75, 3.05) is 0 Å². The van der Waals surface area contributed by atoms with Crippen molar-refractivity contribution in [3.05, 3.63) is 74.7 Å². The molecule has 3 rings (SSSR count). The van der Waals surface area contributed by atoms with E-state index < -0.39 is 5.97 Å². The van der Waals surface area contributed by atoms with Gasteiger partial charge in [-0.2, -0.15) is 0 Å². The zero-order valence-electron chi connectivity index (χ0n) is 12.3. The lowest BCUT2D eigenvalue weighted by molar-refractivity contribution is 0.0365. The summed E-state index contributed by atoms with van der Waals surface area (Å²) >= 11 is 3.33. The minimum Gasteiger partial charge on any atom is -0.440 e. The largest absolute Gasteiger partial charge is 0.440 e. The van der Waals surface area contributed by atoms with Crippen molar-refractivity contribution in [3.8, 4) is 0 Å². The van der Waals surface area contributed by atoms with Crippen LogP contribution in [0, 0.1) is 6.92 Å². The fourth-order valence-electron chi connectivity index (χ4n) is 2.12. The van der Waals surface area contributed by atoms with Gasteiger partial charge >= 0.3 is 5.97 Å². The van der Waals surface area contributed by atoms with Gasteiger partial charge in [0.25, 0.3) is 5.56 Å². The van der Waals surface area contributed by atoms with Crippen molar-refractivity contribution < 1.29 is 9.53 Å². The fourth-order valence-corrected chi connectivity index (χ4v) is 2.49. The summed E-state index contributed by atoms with van der Waals surface area (Å²) in [6, 6.07) is 12.3. The van der Waals surface area contributed by atoms with Crippen molar-refractivity contribution in [3.63, 3.8) is 0 Å². The highest BCUT2D eigenvalue weighted by Gasteiger charge is 2.09. The van der Waals surface area contributed by atoms with E-state index in [0.29, 0.717) is 16.5 Å². The monoisotopic (exact) mass is 372 g/mol. The summed E-state index contributed by atoms with van der Waals surface area (Å²) in [7, 11) is 0. The quantitative estimate of drug-likeness (QED) is 0.661. The molecule has 6 heteroatoms. The molecule has 116 valence electrons. The van der Waals surface area contributed by atoms with Crippen molar-refractivity contribution in [1.29, 1.82) is 0 Å². The highest BCUT2D eigenvalue weighted by atomic mass is 79.9. The second-order valence-corrected chi connectivity index (χ2v) is 6.02. The first kappa shape index (κ1) is 15.4. The Morgan fingerprint density at radius 1 is 1.22 bits per heavy atom. The van der Waals surface area contributed by atoms with Crippen LogP contribution in [0.25, 0.3) is 10.9 Å². The minimum absolute atomic E-state index is 0.180. The maximum Gasteiger partial charge on any atom is 0.339 e. The number of hydrogen-bond acceptors (Lipinski definition) is 4. The number of halogens is 1. The summed E-state index contributed by atoms with van der Waals surface area (Å²) in [6.45, 7) is 1.76. The van der Waals surface area contributed by atoms with E-state index in [1.807, 2.05) is 25.1 Å². The number of aromatic nitrogens is 2. The topological polar surface area (TPSA) is 61.2 Å². The van der Waals surface area contributed by atoms with Crippen LogP contribution in [0.5, 0.6) is 0 Å². The van der Waals surface area contributed by atoms with Gasteiger partial charge in [-0.3, -0.25) is 9.36 Å². The molecular formula is C17H13BrN2O3. The Morgan fingerprint density at radius 2 is 1.96 bits per heavy atom. The van der Waals surface area contributed by atoms with Gasteiger partial charge in [-0.1, -0.05) is 33.6 Å². The number of fused-ring (bicyclic) bond motifs is 1. The summed E-state index contributed by atoms with van der Waals surface area (Å²) < 4.78 is 7.24. The normalized spacial score (nSPS) is 10.7. The van der Waals surface area contributed by atoms with Crippen LogP contribution >= 0.6 is 15.9 Å². The van der Waals surface area contributed by atoms with Crippen LogP contribution < -0.4 is 5.56 Å². The zero-order chi connectivity index (χ0) is 16.4. The molecule has 0 aliphatic rings. The number of benzene rings is 2. The van der Waals surface area contributed by atoms with Gasteiger partial charge in [-0.15, -0.1) is 0 Å². The molecule has 0 amide bonds. The Balaban J connectivity index is 1.82. The molecule has 0 saturated carbocycles. The first-order chi connectivity index (χ1) is 11.0. The van der Waals surface area contributed by atoms with Gasteiger partial charge in [0.15, 0.2) is 6.73 Å². The Bertz CT molecular complexity index is 933. The second-order valence-electron chi connectivity index (χ2n) is 5.11. The van der Waals surface area contributed by atoms with Crippen molar-refractivity contribution >= 4 is 32.8 Å². The average molecular weight is 373 g/mol. The van der Waals surface area contributed by atoms with Gasteiger partial charge in [-0.05, 0) is 37.3 Å². The van der Waals surface area contributed by atoms with Gasteiger partial charge in [0, 0.05) is 4.47 Å². The van der Waals surface area contributed by atoms with E-state index in [-0.39, 0.29) is 12.3 Å². The van der Waals surface area contributed by atoms with Gasteiger partial charge in [0.1, 0.15) is 6.33 Å². The molecule has 0 fully saturated rings. The Kier molecular flexibility index (Phi) is 4.25. The highest BCUT2D eigenvalue weighted by molar-refractivity contribution is 9.10. The van der Waals surface area contributed by atoms with Crippen LogP contribution in [0.4, 0.5) is 0 Å². The number of esters is 1. The van der Waals surface area contributed by atoms with E-state index in [9.17, 15) is 9.59 Å². The Labute approximate surface area is 140 Å². The highest BCUT2D eigenvalue weighted by Crippen LogP contribution is 2.14. The molecule has 0 N–H and O–H groups in total. The van der Waals surface area contributed by atoms with E-state index in [0.717, 1.165) is 10.0 Å². The second kappa shape index (κ2) is 6.34. The third kappa shape index (κ3) is 3.32. The molecule has 0 bridgehead atoms. The fraction of sp³-hybridized carbons (Fsp3) is 0.118. The molecule has 1 heterocycles. The van der Waals surface area contributed by atoms with Gasteiger partial charge < -0.3 is 4.74 Å². The summed E-state index contributed by atoms with van der Waals surface area (Å²) in [5.74, 6) is -0.480. The SMILES string of the molecule is Cc1ccc(C(=O)OCn2cnc3ccc(Br)cc3c2=O)cc1. The predicted molar refractivity (Wildman–Crippen MR) is 90.3 cm³/mol. The summed E-state index contributed by atoms with van der Waals surface area (Å²) in [6.07, 6.45) is 1.38. The van der Waals surface area contributed by atoms with E-state index in [1.54, 1.807) is 24.3 Å². The van der Waals surface area contributed by atoms with Crippen LogP contribution in [0.2, 0.25) is 0 Å². The molecule has 3 aromatic rings. The third-order valence-corrected chi connectivity index (χ3v) is 3.90.